The van der Waals surface area contributed by atoms with Crippen molar-refractivity contribution in [2.75, 3.05) is 0 Å². The highest BCUT2D eigenvalue weighted by Crippen LogP contribution is 1.82. The summed E-state index contributed by atoms with van der Waals surface area (Å²) in [5, 5.41) is 22.9. The predicted octanol–water partition coefficient (Wildman–Crippen LogP) is -0.528. The SMILES string of the molecule is CC(=N)C(O)C(=O)O. The van der Waals surface area contributed by atoms with Gasteiger partial charge in [0.1, 0.15) is 0 Å². The van der Waals surface area contributed by atoms with Crippen LogP contribution in [0.15, 0.2) is 0 Å². The van der Waals surface area contributed by atoms with Crippen molar-refractivity contribution in [1.29, 1.82) is 5.41 Å². The predicted molar refractivity (Wildman–Crippen MR) is 27.0 cm³/mol. The van der Waals surface area contributed by atoms with E-state index in [1.807, 2.05) is 0 Å². The van der Waals surface area contributed by atoms with Crippen LogP contribution in [-0.4, -0.2) is 28.0 Å². The van der Waals surface area contributed by atoms with Gasteiger partial charge >= 0.3 is 5.97 Å². The van der Waals surface area contributed by atoms with Crippen molar-refractivity contribution >= 4 is 11.7 Å². The first-order chi connectivity index (χ1) is 3.55. The maximum atomic E-state index is 9.75. The van der Waals surface area contributed by atoms with Gasteiger partial charge in [-0.25, -0.2) is 4.79 Å². The van der Waals surface area contributed by atoms with Gasteiger partial charge in [-0.05, 0) is 6.92 Å². The van der Waals surface area contributed by atoms with Crippen molar-refractivity contribution < 1.29 is 15.0 Å². The molecule has 0 amide bonds. The molecule has 46 valence electrons. The van der Waals surface area contributed by atoms with Crippen molar-refractivity contribution in [1.82, 2.24) is 0 Å². The lowest BCUT2D eigenvalue weighted by molar-refractivity contribution is -0.143. The van der Waals surface area contributed by atoms with Gasteiger partial charge in [0.2, 0.25) is 0 Å². The molecule has 0 aliphatic rings. The second kappa shape index (κ2) is 2.42. The van der Waals surface area contributed by atoms with Crippen LogP contribution in [0.3, 0.4) is 0 Å². The van der Waals surface area contributed by atoms with Gasteiger partial charge in [-0.2, -0.15) is 0 Å². The van der Waals surface area contributed by atoms with Crippen LogP contribution < -0.4 is 0 Å². The molecule has 0 rings (SSSR count). The number of nitrogens with one attached hydrogen (secondary N) is 1. The Morgan fingerprint density at radius 3 is 2.12 bits per heavy atom. The lowest BCUT2D eigenvalue weighted by Crippen LogP contribution is -2.26. The lowest BCUT2D eigenvalue weighted by Gasteiger charge is -1.98. The number of hydrogen-bond acceptors (Lipinski definition) is 3. The van der Waals surface area contributed by atoms with Gasteiger partial charge in [0.25, 0.3) is 0 Å². The van der Waals surface area contributed by atoms with Gasteiger partial charge in [0.15, 0.2) is 6.10 Å². The van der Waals surface area contributed by atoms with Crippen LogP contribution in [0.25, 0.3) is 0 Å². The van der Waals surface area contributed by atoms with Crippen LogP contribution in [0.2, 0.25) is 0 Å². The molecule has 0 radical (unpaired) electrons. The van der Waals surface area contributed by atoms with Crippen molar-refractivity contribution in [3.63, 3.8) is 0 Å². The molecule has 3 N–H and O–H groups in total. The lowest BCUT2D eigenvalue weighted by atomic mass is 10.2. The summed E-state index contributed by atoms with van der Waals surface area (Å²) in [7, 11) is 0. The molecule has 0 heterocycles. The Labute approximate surface area is 46.3 Å². The van der Waals surface area contributed by atoms with Crippen LogP contribution >= 0.6 is 0 Å². The summed E-state index contributed by atoms with van der Waals surface area (Å²) in [6, 6.07) is 0. The van der Waals surface area contributed by atoms with Gasteiger partial charge < -0.3 is 15.6 Å². The molecule has 0 aromatic carbocycles. The molecule has 0 aromatic heterocycles. The summed E-state index contributed by atoms with van der Waals surface area (Å²) in [6.45, 7) is 1.23. The molecule has 0 spiro atoms. The fraction of sp³-hybridized carbons (Fsp3) is 0.500. The molecule has 0 aliphatic heterocycles. The topological polar surface area (TPSA) is 81.4 Å². The Kier molecular flexibility index (Phi) is 2.15. The maximum Gasteiger partial charge on any atom is 0.338 e. The summed E-state index contributed by atoms with van der Waals surface area (Å²) in [5.41, 5.74) is -0.252. The minimum atomic E-state index is -1.63. The molecular weight excluding hydrogens is 110 g/mol. The first kappa shape index (κ1) is 7.10. The molecule has 0 saturated carbocycles. The van der Waals surface area contributed by atoms with Crippen LogP contribution in [0, 0.1) is 5.41 Å². The Morgan fingerprint density at radius 2 is 2.12 bits per heavy atom. The minimum absolute atomic E-state index is 0.252. The highest BCUT2D eigenvalue weighted by Gasteiger charge is 2.13. The van der Waals surface area contributed by atoms with Crippen LogP contribution in [0.1, 0.15) is 6.92 Å². The summed E-state index contributed by atoms with van der Waals surface area (Å²) in [4.78, 5) is 9.75. The third-order valence-electron chi connectivity index (χ3n) is 0.644. The van der Waals surface area contributed by atoms with Crippen molar-refractivity contribution in [2.45, 2.75) is 13.0 Å². The van der Waals surface area contributed by atoms with Crippen LogP contribution in [0.5, 0.6) is 0 Å². The molecule has 0 bridgehead atoms. The number of aliphatic carboxylic acids is 1. The first-order valence-corrected chi connectivity index (χ1v) is 2.01. The molecule has 0 aliphatic carbocycles. The summed E-state index contributed by atoms with van der Waals surface area (Å²) >= 11 is 0. The highest BCUT2D eigenvalue weighted by molar-refractivity contribution is 6.00. The number of carboxylic acid groups (broad SMARTS) is 1. The quantitative estimate of drug-likeness (QED) is 0.425. The molecular formula is C4H7NO3. The average molecular weight is 117 g/mol. The van der Waals surface area contributed by atoms with Gasteiger partial charge in [0.05, 0.1) is 0 Å². The number of carbonyl (C=O) groups is 1. The number of aliphatic hydroxyl groups is 1. The van der Waals surface area contributed by atoms with Crippen molar-refractivity contribution in [2.24, 2.45) is 0 Å². The molecule has 0 aromatic rings. The third kappa shape index (κ3) is 1.70. The maximum absolute atomic E-state index is 9.75. The standard InChI is InChI=1S/C4H7NO3/c1-2(5)3(6)4(7)8/h3,5-6H,1H3,(H,7,8). The highest BCUT2D eigenvalue weighted by atomic mass is 16.4. The molecule has 4 nitrogen and oxygen atoms in total. The molecule has 4 heteroatoms. The van der Waals surface area contributed by atoms with E-state index in [9.17, 15) is 4.79 Å². The monoisotopic (exact) mass is 117 g/mol. The number of aliphatic hydroxyl groups excluding tert-OH is 1. The van der Waals surface area contributed by atoms with Crippen molar-refractivity contribution in [3.05, 3.63) is 0 Å². The van der Waals surface area contributed by atoms with Gasteiger partial charge in [0, 0.05) is 5.71 Å². The second-order valence-electron chi connectivity index (χ2n) is 1.42. The zero-order chi connectivity index (χ0) is 6.73. The van der Waals surface area contributed by atoms with E-state index >= 15 is 0 Å². The average Bonchev–Trinajstić information content (AvgIpc) is 1.64. The molecule has 0 saturated heterocycles. The van der Waals surface area contributed by atoms with E-state index in [0.29, 0.717) is 0 Å². The Morgan fingerprint density at radius 1 is 1.75 bits per heavy atom. The summed E-state index contributed by atoms with van der Waals surface area (Å²) < 4.78 is 0. The fourth-order valence-corrected chi connectivity index (χ4v) is 0.185. The third-order valence-corrected chi connectivity index (χ3v) is 0.644. The summed E-state index contributed by atoms with van der Waals surface area (Å²) in [5.74, 6) is -1.38. The van der Waals surface area contributed by atoms with E-state index in [0.717, 1.165) is 0 Å². The summed E-state index contributed by atoms with van der Waals surface area (Å²) in [6.07, 6.45) is -1.63. The minimum Gasteiger partial charge on any atom is -0.479 e. The van der Waals surface area contributed by atoms with E-state index in [1.54, 1.807) is 0 Å². The molecule has 8 heavy (non-hydrogen) atoms. The molecule has 1 unspecified atom stereocenters. The van der Waals surface area contributed by atoms with E-state index < -0.39 is 12.1 Å². The molecule has 0 fully saturated rings. The Bertz CT molecular complexity index is 106. The van der Waals surface area contributed by atoms with E-state index in [-0.39, 0.29) is 5.71 Å². The van der Waals surface area contributed by atoms with E-state index in [4.69, 9.17) is 15.6 Å². The van der Waals surface area contributed by atoms with Crippen molar-refractivity contribution in [3.8, 4) is 0 Å². The van der Waals surface area contributed by atoms with Crippen LogP contribution in [0.4, 0.5) is 0 Å². The largest absolute Gasteiger partial charge is 0.479 e. The zero-order valence-corrected chi connectivity index (χ0v) is 4.38. The first-order valence-electron chi connectivity index (χ1n) is 2.01. The number of carboxylic acids is 1. The Hall–Kier alpha value is -0.900. The number of hydrogen-bond donors (Lipinski definition) is 3. The van der Waals surface area contributed by atoms with Gasteiger partial charge in [-0.3, -0.25) is 0 Å². The fourth-order valence-electron chi connectivity index (χ4n) is 0.185. The second-order valence-corrected chi connectivity index (χ2v) is 1.42. The Balaban J connectivity index is 3.83. The zero-order valence-electron chi connectivity index (χ0n) is 4.38. The smallest absolute Gasteiger partial charge is 0.338 e. The van der Waals surface area contributed by atoms with Crippen LogP contribution in [-0.2, 0) is 4.79 Å². The van der Waals surface area contributed by atoms with Gasteiger partial charge in [-0.15, -0.1) is 0 Å². The normalized spacial score (nSPS) is 12.8. The number of rotatable bonds is 2. The van der Waals surface area contributed by atoms with E-state index in [2.05, 4.69) is 0 Å². The van der Waals surface area contributed by atoms with Gasteiger partial charge in [-0.1, -0.05) is 0 Å². The van der Waals surface area contributed by atoms with E-state index in [1.165, 1.54) is 6.92 Å². The molecule has 1 atom stereocenters.